The monoisotopic (exact) mass is 235 g/mol. The van der Waals surface area contributed by atoms with E-state index in [0.717, 1.165) is 0 Å². The second kappa shape index (κ2) is 3.34. The maximum absolute atomic E-state index is 12.0. The van der Waals surface area contributed by atoms with E-state index in [-0.39, 0.29) is 11.3 Å². The molecule has 2 rings (SSSR count). The van der Waals surface area contributed by atoms with Gasteiger partial charge in [0.2, 0.25) is 0 Å². The van der Waals surface area contributed by atoms with Gasteiger partial charge in [-0.25, -0.2) is 0 Å². The van der Waals surface area contributed by atoms with Gasteiger partial charge in [0.25, 0.3) is 0 Å². The first-order valence-electron chi connectivity index (χ1n) is 3.99. The fourth-order valence-electron chi connectivity index (χ4n) is 1.30. The smallest absolute Gasteiger partial charge is 0.404 e. The largest absolute Gasteiger partial charge is 0.573 e. The van der Waals surface area contributed by atoms with Crippen LogP contribution in [0.25, 0.3) is 10.9 Å². The highest BCUT2D eigenvalue weighted by Crippen LogP contribution is 2.33. The van der Waals surface area contributed by atoms with Crippen LogP contribution in [0.15, 0.2) is 24.4 Å². The number of hydrogen-bond acceptors (Lipinski definition) is 1. The Hall–Kier alpha value is -1.36. The van der Waals surface area contributed by atoms with Crippen molar-refractivity contribution >= 4 is 22.5 Å². The molecule has 6 heteroatoms. The van der Waals surface area contributed by atoms with Crippen LogP contribution in [0.1, 0.15) is 0 Å². The Kier molecular flexibility index (Phi) is 2.26. The molecule has 2 aromatic rings. The number of rotatable bonds is 1. The third-order valence-corrected chi connectivity index (χ3v) is 2.19. The minimum Gasteiger partial charge on any atom is -0.404 e. The van der Waals surface area contributed by atoms with E-state index in [1.807, 2.05) is 0 Å². The molecule has 0 aliphatic heterocycles. The summed E-state index contributed by atoms with van der Waals surface area (Å²) >= 11 is 5.78. The Morgan fingerprint density at radius 3 is 2.60 bits per heavy atom. The van der Waals surface area contributed by atoms with E-state index in [4.69, 9.17) is 11.6 Å². The van der Waals surface area contributed by atoms with E-state index in [1.165, 1.54) is 18.3 Å². The van der Waals surface area contributed by atoms with Crippen LogP contribution in [0.3, 0.4) is 0 Å². The molecule has 0 bridgehead atoms. The molecule has 1 heterocycles. The molecule has 0 saturated heterocycles. The van der Waals surface area contributed by atoms with Crippen molar-refractivity contribution in [3.63, 3.8) is 0 Å². The summed E-state index contributed by atoms with van der Waals surface area (Å²) in [6.07, 6.45) is -3.20. The Morgan fingerprint density at radius 1 is 1.20 bits per heavy atom. The Balaban J connectivity index is 2.53. The van der Waals surface area contributed by atoms with Crippen LogP contribution in [-0.4, -0.2) is 11.3 Å². The molecule has 0 unspecified atom stereocenters. The molecule has 2 nitrogen and oxygen atoms in total. The molecule has 0 spiro atoms. The minimum absolute atomic E-state index is 0.236. The van der Waals surface area contributed by atoms with Crippen molar-refractivity contribution in [2.24, 2.45) is 0 Å². The quantitative estimate of drug-likeness (QED) is 0.801. The van der Waals surface area contributed by atoms with Gasteiger partial charge in [-0.1, -0.05) is 11.6 Å². The van der Waals surface area contributed by atoms with Gasteiger partial charge in [-0.15, -0.1) is 13.2 Å². The molecule has 1 N–H and O–H groups in total. The molecular formula is C9H5ClF3NO. The first-order chi connectivity index (χ1) is 6.97. The lowest BCUT2D eigenvalue weighted by molar-refractivity contribution is -0.274. The van der Waals surface area contributed by atoms with E-state index in [9.17, 15) is 13.2 Å². The molecule has 0 aliphatic carbocycles. The van der Waals surface area contributed by atoms with Gasteiger partial charge in [0.05, 0.1) is 10.5 Å². The van der Waals surface area contributed by atoms with E-state index in [2.05, 4.69) is 9.72 Å². The number of ether oxygens (including phenoxy) is 1. The molecule has 80 valence electrons. The highest BCUT2D eigenvalue weighted by atomic mass is 35.5. The summed E-state index contributed by atoms with van der Waals surface area (Å²) in [6, 6.07) is 4.12. The van der Waals surface area contributed by atoms with Crippen LogP contribution in [-0.2, 0) is 0 Å². The van der Waals surface area contributed by atoms with Crippen LogP contribution >= 0.6 is 11.6 Å². The number of nitrogens with one attached hydrogen (secondary N) is 1. The van der Waals surface area contributed by atoms with Crippen molar-refractivity contribution in [3.8, 4) is 5.75 Å². The van der Waals surface area contributed by atoms with Gasteiger partial charge in [0.15, 0.2) is 5.75 Å². The number of hydrogen-bond donors (Lipinski definition) is 1. The average Bonchev–Trinajstić information content (AvgIpc) is 2.57. The van der Waals surface area contributed by atoms with Gasteiger partial charge >= 0.3 is 6.36 Å². The number of alkyl halides is 3. The predicted octanol–water partition coefficient (Wildman–Crippen LogP) is 3.72. The number of aromatic amines is 1. The molecular weight excluding hydrogens is 231 g/mol. The van der Waals surface area contributed by atoms with Crippen LogP contribution in [0.5, 0.6) is 5.75 Å². The summed E-state index contributed by atoms with van der Waals surface area (Å²) in [5.74, 6) is -0.285. The van der Waals surface area contributed by atoms with Gasteiger partial charge in [-0.2, -0.15) is 0 Å². The van der Waals surface area contributed by atoms with Crippen molar-refractivity contribution in [3.05, 3.63) is 29.4 Å². The topological polar surface area (TPSA) is 25.0 Å². The predicted molar refractivity (Wildman–Crippen MR) is 50.0 cm³/mol. The fourth-order valence-corrected chi connectivity index (χ4v) is 1.52. The molecule has 0 aliphatic rings. The van der Waals surface area contributed by atoms with E-state index in [1.54, 1.807) is 6.07 Å². The molecule has 15 heavy (non-hydrogen) atoms. The van der Waals surface area contributed by atoms with Crippen LogP contribution in [0.2, 0.25) is 5.02 Å². The standard InChI is InChI=1S/C9H5ClF3NO/c10-6-1-2-7(15-9(11,12)13)8-5(6)3-4-14-8/h1-4,14H. The van der Waals surface area contributed by atoms with Gasteiger partial charge < -0.3 is 9.72 Å². The molecule has 1 aromatic heterocycles. The number of aromatic nitrogens is 1. The fraction of sp³-hybridized carbons (Fsp3) is 0.111. The molecule has 1 aromatic carbocycles. The number of H-pyrrole nitrogens is 1. The zero-order valence-corrected chi connectivity index (χ0v) is 7.99. The maximum Gasteiger partial charge on any atom is 0.573 e. The number of fused-ring (bicyclic) bond motifs is 1. The third-order valence-electron chi connectivity index (χ3n) is 1.86. The minimum atomic E-state index is -4.70. The van der Waals surface area contributed by atoms with Gasteiger partial charge in [-0.05, 0) is 18.2 Å². The average molecular weight is 236 g/mol. The summed E-state index contributed by atoms with van der Waals surface area (Å²) in [6.45, 7) is 0. The molecule has 0 radical (unpaired) electrons. The van der Waals surface area contributed by atoms with Gasteiger partial charge in [0, 0.05) is 11.6 Å². The lowest BCUT2D eigenvalue weighted by atomic mass is 10.2. The summed E-state index contributed by atoms with van der Waals surface area (Å²) in [7, 11) is 0. The summed E-state index contributed by atoms with van der Waals surface area (Å²) < 4.78 is 39.9. The Morgan fingerprint density at radius 2 is 1.93 bits per heavy atom. The Labute approximate surface area is 87.6 Å². The Bertz CT molecular complexity index is 492. The van der Waals surface area contributed by atoms with E-state index < -0.39 is 6.36 Å². The van der Waals surface area contributed by atoms with Gasteiger partial charge in [-0.3, -0.25) is 0 Å². The highest BCUT2D eigenvalue weighted by Gasteiger charge is 2.32. The van der Waals surface area contributed by atoms with Crippen LogP contribution in [0.4, 0.5) is 13.2 Å². The highest BCUT2D eigenvalue weighted by molar-refractivity contribution is 6.35. The maximum atomic E-state index is 12.0. The molecule has 0 atom stereocenters. The van der Waals surface area contributed by atoms with Crippen LogP contribution in [0, 0.1) is 0 Å². The number of benzene rings is 1. The molecule has 0 fully saturated rings. The first-order valence-corrected chi connectivity index (χ1v) is 4.36. The van der Waals surface area contributed by atoms with Crippen molar-refractivity contribution in [1.29, 1.82) is 0 Å². The normalized spacial score (nSPS) is 12.0. The number of halogens is 4. The zero-order chi connectivity index (χ0) is 11.1. The van der Waals surface area contributed by atoms with E-state index >= 15 is 0 Å². The van der Waals surface area contributed by atoms with Crippen molar-refractivity contribution in [2.45, 2.75) is 6.36 Å². The van der Waals surface area contributed by atoms with Gasteiger partial charge in [0.1, 0.15) is 0 Å². The lowest BCUT2D eigenvalue weighted by Crippen LogP contribution is -2.17. The van der Waals surface area contributed by atoms with E-state index in [0.29, 0.717) is 10.4 Å². The molecule has 0 saturated carbocycles. The zero-order valence-electron chi connectivity index (χ0n) is 7.23. The summed E-state index contributed by atoms with van der Waals surface area (Å²) in [5.41, 5.74) is 0.236. The SMILES string of the molecule is FC(F)(F)Oc1ccc(Cl)c2cc[nH]c12. The first kappa shape index (κ1) is 10.2. The van der Waals surface area contributed by atoms with Crippen molar-refractivity contribution < 1.29 is 17.9 Å². The van der Waals surface area contributed by atoms with Crippen LogP contribution < -0.4 is 4.74 Å². The second-order valence-electron chi connectivity index (χ2n) is 2.86. The van der Waals surface area contributed by atoms with Crippen molar-refractivity contribution in [2.75, 3.05) is 0 Å². The molecule has 0 amide bonds. The lowest BCUT2D eigenvalue weighted by Gasteiger charge is -2.09. The van der Waals surface area contributed by atoms with Crippen molar-refractivity contribution in [1.82, 2.24) is 4.98 Å². The third kappa shape index (κ3) is 2.02. The summed E-state index contributed by atoms with van der Waals surface area (Å²) in [4.78, 5) is 2.64. The summed E-state index contributed by atoms with van der Waals surface area (Å²) in [5, 5.41) is 0.874. The second-order valence-corrected chi connectivity index (χ2v) is 3.27.